The van der Waals surface area contributed by atoms with Crippen molar-refractivity contribution in [1.82, 2.24) is 5.32 Å². The fourth-order valence-corrected chi connectivity index (χ4v) is 1.95. The molecule has 0 saturated carbocycles. The number of anilines is 1. The van der Waals surface area contributed by atoms with Crippen molar-refractivity contribution >= 4 is 11.6 Å². The minimum Gasteiger partial charge on any atom is -0.377 e. The molecule has 2 N–H and O–H groups in total. The number of carbonyl (C=O) groups excluding carboxylic acids is 1. The summed E-state index contributed by atoms with van der Waals surface area (Å²) in [4.78, 5) is 12.0. The van der Waals surface area contributed by atoms with Gasteiger partial charge in [-0.1, -0.05) is 18.2 Å². The van der Waals surface area contributed by atoms with E-state index in [0.717, 1.165) is 12.1 Å². The van der Waals surface area contributed by atoms with Crippen molar-refractivity contribution in [3.05, 3.63) is 29.8 Å². The van der Waals surface area contributed by atoms with Crippen LogP contribution >= 0.6 is 0 Å². The fourth-order valence-electron chi connectivity index (χ4n) is 1.95. The van der Waals surface area contributed by atoms with Gasteiger partial charge in [0.2, 0.25) is 5.91 Å². The van der Waals surface area contributed by atoms with E-state index in [1.54, 1.807) is 7.11 Å². The van der Waals surface area contributed by atoms with Gasteiger partial charge >= 0.3 is 0 Å². The highest BCUT2D eigenvalue weighted by atomic mass is 16.5. The van der Waals surface area contributed by atoms with E-state index in [-0.39, 0.29) is 17.6 Å². The van der Waals surface area contributed by atoms with Gasteiger partial charge in [-0.05, 0) is 25.5 Å². The van der Waals surface area contributed by atoms with Gasteiger partial charge in [-0.15, -0.1) is 0 Å². The Morgan fingerprint density at radius 3 is 2.89 bits per heavy atom. The first-order valence-corrected chi connectivity index (χ1v) is 6.19. The molecular formula is C14H20N2O2. The molecule has 98 valence electrons. The number of rotatable bonds is 4. The molecule has 1 aromatic rings. The molecule has 1 amide bonds. The molecule has 1 aromatic carbocycles. The second-order valence-electron chi connectivity index (χ2n) is 5.24. The minimum absolute atomic E-state index is 0.0244. The summed E-state index contributed by atoms with van der Waals surface area (Å²) < 4.78 is 5.28. The van der Waals surface area contributed by atoms with E-state index >= 15 is 0 Å². The lowest BCUT2D eigenvalue weighted by Crippen LogP contribution is -2.45. The summed E-state index contributed by atoms with van der Waals surface area (Å²) in [6, 6.07) is 7.85. The van der Waals surface area contributed by atoms with Crippen molar-refractivity contribution in [3.8, 4) is 0 Å². The summed E-state index contributed by atoms with van der Waals surface area (Å²) >= 11 is 0. The predicted molar refractivity (Wildman–Crippen MR) is 71.7 cm³/mol. The lowest BCUT2D eigenvalue weighted by molar-refractivity contribution is -0.123. The van der Waals surface area contributed by atoms with Gasteiger partial charge in [0.1, 0.15) is 6.04 Å². The monoisotopic (exact) mass is 248 g/mol. The molecule has 4 heteroatoms. The fraction of sp³-hybridized carbons (Fsp3) is 0.500. The number of fused-ring (bicyclic) bond motifs is 1. The van der Waals surface area contributed by atoms with Crippen LogP contribution in [0.2, 0.25) is 0 Å². The van der Waals surface area contributed by atoms with Crippen LogP contribution in [0.15, 0.2) is 24.3 Å². The Labute approximate surface area is 108 Å². The average molecular weight is 248 g/mol. The maximum atomic E-state index is 12.0. The van der Waals surface area contributed by atoms with Crippen LogP contribution in [-0.2, 0) is 16.0 Å². The number of para-hydroxylation sites is 1. The highest BCUT2D eigenvalue weighted by Crippen LogP contribution is 2.25. The summed E-state index contributed by atoms with van der Waals surface area (Å²) in [6.07, 6.45) is 0.745. The van der Waals surface area contributed by atoms with Gasteiger partial charge in [0.15, 0.2) is 0 Å². The Hall–Kier alpha value is -1.55. The Morgan fingerprint density at radius 1 is 1.50 bits per heavy atom. The average Bonchev–Trinajstić information content (AvgIpc) is 2.80. The van der Waals surface area contributed by atoms with Gasteiger partial charge in [0.05, 0.1) is 5.60 Å². The van der Waals surface area contributed by atoms with E-state index in [2.05, 4.69) is 16.7 Å². The molecule has 0 aromatic heterocycles. The third-order valence-corrected chi connectivity index (χ3v) is 3.33. The zero-order valence-corrected chi connectivity index (χ0v) is 11.1. The van der Waals surface area contributed by atoms with Gasteiger partial charge in [-0.2, -0.15) is 0 Å². The van der Waals surface area contributed by atoms with Crippen LogP contribution in [0.25, 0.3) is 0 Å². The first kappa shape index (κ1) is 12.9. The van der Waals surface area contributed by atoms with Crippen molar-refractivity contribution < 1.29 is 9.53 Å². The van der Waals surface area contributed by atoms with E-state index in [4.69, 9.17) is 4.74 Å². The normalized spacial score (nSPS) is 18.1. The second kappa shape index (κ2) is 4.98. The number of carbonyl (C=O) groups is 1. The molecule has 1 atom stereocenters. The van der Waals surface area contributed by atoms with Crippen LogP contribution in [0, 0.1) is 0 Å². The number of amides is 1. The Kier molecular flexibility index (Phi) is 3.57. The molecule has 0 spiro atoms. The van der Waals surface area contributed by atoms with Crippen LogP contribution in [0.5, 0.6) is 0 Å². The number of hydrogen-bond donors (Lipinski definition) is 2. The highest BCUT2D eigenvalue weighted by Gasteiger charge is 2.27. The van der Waals surface area contributed by atoms with E-state index in [9.17, 15) is 4.79 Å². The molecule has 1 heterocycles. The van der Waals surface area contributed by atoms with Crippen LogP contribution in [0.4, 0.5) is 5.69 Å². The van der Waals surface area contributed by atoms with Gasteiger partial charge < -0.3 is 15.4 Å². The standard InChI is InChI=1S/C14H20N2O2/c1-14(2,18-3)9-15-13(17)12-8-10-6-4-5-7-11(10)16-12/h4-7,12,16H,8-9H2,1-3H3,(H,15,17)/t12-/m0/s1. The molecular weight excluding hydrogens is 228 g/mol. The number of ether oxygens (including phenoxy) is 1. The van der Waals surface area contributed by atoms with Crippen molar-refractivity contribution in [2.45, 2.75) is 31.9 Å². The lowest BCUT2D eigenvalue weighted by atomic mass is 10.1. The highest BCUT2D eigenvalue weighted by molar-refractivity contribution is 5.87. The summed E-state index contributed by atoms with van der Waals surface area (Å²) in [7, 11) is 1.65. The summed E-state index contributed by atoms with van der Waals surface area (Å²) in [6.45, 7) is 4.41. The number of methoxy groups -OCH3 is 1. The van der Waals surface area contributed by atoms with Gasteiger partial charge in [-0.25, -0.2) is 0 Å². The summed E-state index contributed by atoms with van der Waals surface area (Å²) in [5.41, 5.74) is 1.92. The number of hydrogen-bond acceptors (Lipinski definition) is 3. The molecule has 4 nitrogen and oxygen atoms in total. The van der Waals surface area contributed by atoms with Gasteiger partial charge in [0.25, 0.3) is 0 Å². The van der Waals surface area contributed by atoms with E-state index in [1.165, 1.54) is 5.56 Å². The SMILES string of the molecule is COC(C)(C)CNC(=O)[C@@H]1Cc2ccccc2N1. The van der Waals surface area contributed by atoms with Crippen molar-refractivity contribution in [3.63, 3.8) is 0 Å². The topological polar surface area (TPSA) is 50.4 Å². The first-order chi connectivity index (χ1) is 8.52. The molecule has 0 saturated heterocycles. The lowest BCUT2D eigenvalue weighted by Gasteiger charge is -2.24. The van der Waals surface area contributed by atoms with Crippen LogP contribution in [-0.4, -0.2) is 31.2 Å². The quantitative estimate of drug-likeness (QED) is 0.850. The molecule has 18 heavy (non-hydrogen) atoms. The van der Waals surface area contributed by atoms with Gasteiger partial charge in [0, 0.05) is 25.8 Å². The van der Waals surface area contributed by atoms with Crippen molar-refractivity contribution in [1.29, 1.82) is 0 Å². The molecule has 0 radical (unpaired) electrons. The third kappa shape index (κ3) is 2.82. The second-order valence-corrected chi connectivity index (χ2v) is 5.24. The molecule has 1 aliphatic rings. The first-order valence-electron chi connectivity index (χ1n) is 6.19. The minimum atomic E-state index is -0.332. The molecule has 1 aliphatic heterocycles. The Morgan fingerprint density at radius 2 is 2.22 bits per heavy atom. The smallest absolute Gasteiger partial charge is 0.242 e. The largest absolute Gasteiger partial charge is 0.377 e. The Balaban J connectivity index is 1.90. The van der Waals surface area contributed by atoms with Gasteiger partial charge in [-0.3, -0.25) is 4.79 Å². The maximum absolute atomic E-state index is 12.0. The molecule has 0 aliphatic carbocycles. The van der Waals surface area contributed by atoms with Crippen LogP contribution in [0.1, 0.15) is 19.4 Å². The number of nitrogens with one attached hydrogen (secondary N) is 2. The molecule has 0 fully saturated rings. The molecule has 0 unspecified atom stereocenters. The zero-order chi connectivity index (χ0) is 13.2. The number of benzene rings is 1. The van der Waals surface area contributed by atoms with Crippen LogP contribution in [0.3, 0.4) is 0 Å². The van der Waals surface area contributed by atoms with E-state index < -0.39 is 0 Å². The predicted octanol–water partition coefficient (Wildman–Crippen LogP) is 1.56. The zero-order valence-electron chi connectivity index (χ0n) is 11.1. The molecule has 0 bridgehead atoms. The maximum Gasteiger partial charge on any atom is 0.242 e. The van der Waals surface area contributed by atoms with Crippen LogP contribution < -0.4 is 10.6 Å². The Bertz CT molecular complexity index is 418. The third-order valence-electron chi connectivity index (χ3n) is 3.33. The van der Waals surface area contributed by atoms with E-state index in [0.29, 0.717) is 6.54 Å². The molecule has 2 rings (SSSR count). The van der Waals surface area contributed by atoms with E-state index in [1.807, 2.05) is 32.0 Å². The summed E-state index contributed by atoms with van der Waals surface area (Å²) in [5, 5.41) is 6.16. The summed E-state index contributed by atoms with van der Waals surface area (Å²) in [5.74, 6) is 0.0244. The van der Waals surface area contributed by atoms with Crippen molar-refractivity contribution in [2.24, 2.45) is 0 Å². The van der Waals surface area contributed by atoms with Crippen molar-refractivity contribution in [2.75, 3.05) is 19.0 Å².